The Balaban J connectivity index is 1.74. The Morgan fingerprint density at radius 3 is 2.40 bits per heavy atom. The van der Waals surface area contributed by atoms with Crippen LogP contribution >= 0.6 is 0 Å². The topological polar surface area (TPSA) is 114 Å². The molecule has 1 heterocycles. The van der Waals surface area contributed by atoms with Crippen LogP contribution in [-0.4, -0.2) is 64.6 Å². The number of amides is 2. The largest absolute Gasteiger partial charge is 0.497 e. The van der Waals surface area contributed by atoms with Gasteiger partial charge in [-0.3, -0.25) is 13.9 Å². The van der Waals surface area contributed by atoms with Crippen LogP contribution in [0.15, 0.2) is 71.6 Å². The number of anilines is 1. The first-order valence-corrected chi connectivity index (χ1v) is 15.5. The van der Waals surface area contributed by atoms with Gasteiger partial charge in [0.1, 0.15) is 37.4 Å². The molecular formula is C31H36FN3O7S. The lowest BCUT2D eigenvalue weighted by Crippen LogP contribution is -2.52. The van der Waals surface area contributed by atoms with Gasteiger partial charge < -0.3 is 24.4 Å². The van der Waals surface area contributed by atoms with Crippen LogP contribution in [-0.2, 0) is 26.2 Å². The van der Waals surface area contributed by atoms with Gasteiger partial charge in [0.2, 0.25) is 11.8 Å². The summed E-state index contributed by atoms with van der Waals surface area (Å²) in [5, 5.41) is 2.85. The van der Waals surface area contributed by atoms with Crippen LogP contribution in [0, 0.1) is 5.82 Å². The molecule has 3 aromatic carbocycles. The number of hydrogen-bond acceptors (Lipinski definition) is 7. The zero-order valence-electron chi connectivity index (χ0n) is 24.4. The first-order valence-electron chi connectivity index (χ1n) is 14.1. The summed E-state index contributed by atoms with van der Waals surface area (Å²) in [6.07, 6.45) is 0.995. The molecule has 0 aliphatic carbocycles. The monoisotopic (exact) mass is 613 g/mol. The summed E-state index contributed by atoms with van der Waals surface area (Å²) in [6, 6.07) is 15.2. The van der Waals surface area contributed by atoms with Gasteiger partial charge in [0.25, 0.3) is 10.0 Å². The van der Waals surface area contributed by atoms with Crippen molar-refractivity contribution in [3.8, 4) is 17.2 Å². The highest BCUT2D eigenvalue weighted by Crippen LogP contribution is 2.34. The van der Waals surface area contributed by atoms with Crippen molar-refractivity contribution in [2.24, 2.45) is 0 Å². The lowest BCUT2D eigenvalue weighted by atomic mass is 10.1. The number of halogens is 1. The quantitative estimate of drug-likeness (QED) is 0.308. The van der Waals surface area contributed by atoms with Gasteiger partial charge in [-0.05, 0) is 66.9 Å². The maximum atomic E-state index is 14.1. The van der Waals surface area contributed by atoms with Crippen LogP contribution in [0.25, 0.3) is 0 Å². The molecule has 2 amide bonds. The molecule has 0 spiro atoms. The number of rotatable bonds is 13. The lowest BCUT2D eigenvalue weighted by Gasteiger charge is -2.33. The molecule has 43 heavy (non-hydrogen) atoms. The highest BCUT2D eigenvalue weighted by molar-refractivity contribution is 7.92. The molecule has 1 N–H and O–H groups in total. The number of fused-ring (bicyclic) bond motifs is 1. The van der Waals surface area contributed by atoms with Crippen molar-refractivity contribution >= 4 is 27.5 Å². The Hall–Kier alpha value is -4.32. The van der Waals surface area contributed by atoms with Crippen molar-refractivity contribution in [1.29, 1.82) is 0 Å². The van der Waals surface area contributed by atoms with Crippen LogP contribution in [0.2, 0.25) is 0 Å². The van der Waals surface area contributed by atoms with E-state index in [2.05, 4.69) is 5.32 Å². The summed E-state index contributed by atoms with van der Waals surface area (Å²) in [5.41, 5.74) is 0.770. The van der Waals surface area contributed by atoms with Crippen molar-refractivity contribution in [3.63, 3.8) is 0 Å². The fourth-order valence-electron chi connectivity index (χ4n) is 4.70. The van der Waals surface area contributed by atoms with E-state index in [4.69, 9.17) is 14.2 Å². The number of methoxy groups -OCH3 is 1. The second kappa shape index (κ2) is 14.2. The third-order valence-corrected chi connectivity index (χ3v) is 8.69. The number of benzene rings is 3. The molecular weight excluding hydrogens is 577 g/mol. The van der Waals surface area contributed by atoms with E-state index in [-0.39, 0.29) is 41.8 Å². The third kappa shape index (κ3) is 7.56. The standard InChI is InChI=1S/C31H36FN3O7S/c1-4-15-33-31(37)27(5-2)34(20-22-7-6-8-25(18-22)40-3)30(36)21-35(24-11-9-23(32)10-12-24)43(38,39)26-13-14-28-29(19-26)42-17-16-41-28/h6-14,18-19,27H,4-5,15-17,20-21H2,1-3H3,(H,33,37)/t27-/m0/s1. The molecule has 3 aromatic rings. The predicted octanol–water partition coefficient (Wildman–Crippen LogP) is 4.13. The van der Waals surface area contributed by atoms with Gasteiger partial charge in [0.15, 0.2) is 11.5 Å². The molecule has 230 valence electrons. The molecule has 4 rings (SSSR count). The van der Waals surface area contributed by atoms with Gasteiger partial charge in [-0.1, -0.05) is 26.0 Å². The molecule has 12 heteroatoms. The van der Waals surface area contributed by atoms with Crippen LogP contribution in [0.1, 0.15) is 32.3 Å². The smallest absolute Gasteiger partial charge is 0.264 e. The van der Waals surface area contributed by atoms with Crippen molar-refractivity contribution in [2.45, 2.75) is 44.2 Å². The maximum Gasteiger partial charge on any atom is 0.264 e. The summed E-state index contributed by atoms with van der Waals surface area (Å²) in [7, 11) is -2.85. The molecule has 0 saturated carbocycles. The predicted molar refractivity (Wildman–Crippen MR) is 159 cm³/mol. The Labute approximate surface area is 251 Å². The number of ether oxygens (including phenoxy) is 3. The van der Waals surface area contributed by atoms with Gasteiger partial charge >= 0.3 is 0 Å². The SMILES string of the molecule is CCCNC(=O)[C@H](CC)N(Cc1cccc(OC)c1)C(=O)CN(c1ccc(F)cc1)S(=O)(=O)c1ccc2c(c1)OCCO2. The molecule has 1 atom stereocenters. The molecule has 0 bridgehead atoms. The van der Waals surface area contributed by atoms with E-state index in [1.54, 1.807) is 31.2 Å². The molecule has 0 radical (unpaired) electrons. The summed E-state index contributed by atoms with van der Waals surface area (Å²) in [6.45, 7) is 4.10. The van der Waals surface area contributed by atoms with E-state index >= 15 is 0 Å². The average molecular weight is 614 g/mol. The minimum atomic E-state index is -4.37. The molecule has 0 saturated heterocycles. The van der Waals surface area contributed by atoms with E-state index in [0.29, 0.717) is 36.6 Å². The Bertz CT molecular complexity index is 1530. The number of nitrogens with zero attached hydrogens (tertiary/aromatic N) is 2. The van der Waals surface area contributed by atoms with Crippen LogP contribution in [0.4, 0.5) is 10.1 Å². The average Bonchev–Trinajstić information content (AvgIpc) is 3.02. The summed E-state index contributed by atoms with van der Waals surface area (Å²) in [5.74, 6) is -0.290. The van der Waals surface area contributed by atoms with Crippen LogP contribution in [0.5, 0.6) is 17.2 Å². The minimum absolute atomic E-state index is 0.0232. The minimum Gasteiger partial charge on any atom is -0.497 e. The van der Waals surface area contributed by atoms with Gasteiger partial charge in [-0.2, -0.15) is 0 Å². The second-order valence-corrected chi connectivity index (χ2v) is 11.7. The first kappa shape index (κ1) is 31.6. The van der Waals surface area contributed by atoms with E-state index < -0.39 is 34.3 Å². The van der Waals surface area contributed by atoms with E-state index in [1.165, 1.54) is 42.3 Å². The second-order valence-electron chi connectivity index (χ2n) is 9.88. The fraction of sp³-hybridized carbons (Fsp3) is 0.355. The fourth-order valence-corrected chi connectivity index (χ4v) is 6.13. The first-order chi connectivity index (χ1) is 20.7. The Kier molecular flexibility index (Phi) is 10.5. The molecule has 10 nitrogen and oxygen atoms in total. The van der Waals surface area contributed by atoms with Gasteiger partial charge in [-0.15, -0.1) is 0 Å². The van der Waals surface area contributed by atoms with Crippen molar-refractivity contribution < 1.29 is 36.6 Å². The van der Waals surface area contributed by atoms with E-state index in [9.17, 15) is 22.4 Å². The van der Waals surface area contributed by atoms with Crippen molar-refractivity contribution in [3.05, 3.63) is 78.1 Å². The molecule has 1 aliphatic rings. The zero-order chi connectivity index (χ0) is 31.0. The number of hydrogen-bond donors (Lipinski definition) is 1. The Morgan fingerprint density at radius 2 is 1.72 bits per heavy atom. The van der Waals surface area contributed by atoms with Crippen LogP contribution < -0.4 is 23.8 Å². The highest BCUT2D eigenvalue weighted by atomic mass is 32.2. The van der Waals surface area contributed by atoms with E-state index in [1.807, 2.05) is 6.92 Å². The summed E-state index contributed by atoms with van der Waals surface area (Å²) < 4.78 is 59.4. The number of carbonyl (C=O) groups is 2. The normalized spacial score (nSPS) is 13.1. The number of nitrogens with one attached hydrogen (secondary N) is 1. The number of sulfonamides is 1. The van der Waals surface area contributed by atoms with Gasteiger partial charge in [0, 0.05) is 19.2 Å². The summed E-state index contributed by atoms with van der Waals surface area (Å²) in [4.78, 5) is 28.6. The third-order valence-electron chi connectivity index (χ3n) is 6.92. The van der Waals surface area contributed by atoms with Gasteiger partial charge in [-0.25, -0.2) is 12.8 Å². The number of carbonyl (C=O) groups excluding carboxylic acids is 2. The van der Waals surface area contributed by atoms with Crippen molar-refractivity contribution in [1.82, 2.24) is 10.2 Å². The lowest BCUT2D eigenvalue weighted by molar-refractivity contribution is -0.140. The molecule has 1 aliphatic heterocycles. The van der Waals surface area contributed by atoms with Gasteiger partial charge in [0.05, 0.1) is 17.7 Å². The highest BCUT2D eigenvalue weighted by Gasteiger charge is 2.34. The van der Waals surface area contributed by atoms with Crippen LogP contribution in [0.3, 0.4) is 0 Å². The molecule has 0 aromatic heterocycles. The Morgan fingerprint density at radius 1 is 1.00 bits per heavy atom. The summed E-state index contributed by atoms with van der Waals surface area (Å²) >= 11 is 0. The molecule has 0 fully saturated rings. The zero-order valence-corrected chi connectivity index (χ0v) is 25.2. The van der Waals surface area contributed by atoms with Crippen molar-refractivity contribution in [2.75, 3.05) is 37.7 Å². The van der Waals surface area contributed by atoms with E-state index in [0.717, 1.165) is 16.4 Å². The maximum absolute atomic E-state index is 14.1. The molecule has 0 unspecified atom stereocenters.